The van der Waals surface area contributed by atoms with Gasteiger partial charge in [-0.1, -0.05) is 29.3 Å². The summed E-state index contributed by atoms with van der Waals surface area (Å²) in [5, 5.41) is 10.5. The van der Waals surface area contributed by atoms with Crippen molar-refractivity contribution in [1.29, 1.82) is 0 Å². The van der Waals surface area contributed by atoms with Crippen LogP contribution in [0.5, 0.6) is 0 Å². The Kier molecular flexibility index (Phi) is 6.58. The molecule has 134 valence electrons. The van der Waals surface area contributed by atoms with E-state index in [1.165, 1.54) is 30.8 Å². The van der Waals surface area contributed by atoms with Crippen LogP contribution in [0, 0.1) is 0 Å². The molecule has 3 N–H and O–H groups in total. The number of rotatable bonds is 5. The Morgan fingerprint density at radius 1 is 1.20 bits per heavy atom. The maximum absolute atomic E-state index is 6.07. The topological polar surface area (TPSA) is 28.5 Å². The van der Waals surface area contributed by atoms with Gasteiger partial charge < -0.3 is 15.5 Å². The average Bonchev–Trinajstić information content (AvgIpc) is 3.25. The van der Waals surface area contributed by atoms with Crippen molar-refractivity contribution in [2.24, 2.45) is 0 Å². The Hall–Kier alpha value is -0.850. The van der Waals surface area contributed by atoms with Crippen molar-refractivity contribution in [3.05, 3.63) is 50.6 Å². The fourth-order valence-corrected chi connectivity index (χ4v) is 5.03. The van der Waals surface area contributed by atoms with Gasteiger partial charge in [-0.05, 0) is 48.8 Å². The van der Waals surface area contributed by atoms with Gasteiger partial charge in [-0.3, -0.25) is 0 Å². The van der Waals surface area contributed by atoms with Crippen molar-refractivity contribution in [3.63, 3.8) is 0 Å². The zero-order valence-corrected chi connectivity index (χ0v) is 17.2. The first-order valence-electron chi connectivity index (χ1n) is 8.45. The van der Waals surface area contributed by atoms with Crippen LogP contribution >= 0.6 is 46.8 Å². The van der Waals surface area contributed by atoms with Crippen LogP contribution in [-0.2, 0) is 0 Å². The van der Waals surface area contributed by atoms with Crippen molar-refractivity contribution in [2.45, 2.75) is 31.8 Å². The van der Waals surface area contributed by atoms with Crippen molar-refractivity contribution >= 4 is 57.6 Å². The van der Waals surface area contributed by atoms with Gasteiger partial charge in [0.05, 0.1) is 34.1 Å². The van der Waals surface area contributed by atoms with Gasteiger partial charge in [0.2, 0.25) is 0 Å². The summed E-state index contributed by atoms with van der Waals surface area (Å²) in [6.07, 6.45) is 2.60. The van der Waals surface area contributed by atoms with Crippen LogP contribution in [0.2, 0.25) is 10.0 Å². The maximum atomic E-state index is 6.07. The van der Waals surface area contributed by atoms with Gasteiger partial charge in [-0.2, -0.15) is 0 Å². The van der Waals surface area contributed by atoms with Crippen LogP contribution in [0.3, 0.4) is 0 Å². The third kappa shape index (κ3) is 4.86. The second-order valence-corrected chi connectivity index (χ2v) is 8.58. The molecule has 0 spiro atoms. The molecule has 1 aromatic carbocycles. The monoisotopic (exact) mass is 414 g/mol. The number of likely N-dealkylation sites (tertiary alicyclic amines) is 1. The molecule has 1 aliphatic rings. The molecule has 0 amide bonds. The molecule has 0 radical (unpaired) electrons. The third-order valence-electron chi connectivity index (χ3n) is 4.57. The summed E-state index contributed by atoms with van der Waals surface area (Å²) < 4.78 is 0. The van der Waals surface area contributed by atoms with E-state index in [-0.39, 0.29) is 6.04 Å². The van der Waals surface area contributed by atoms with Crippen LogP contribution in [0.4, 0.5) is 5.69 Å². The van der Waals surface area contributed by atoms with Crippen molar-refractivity contribution in [2.75, 3.05) is 18.4 Å². The van der Waals surface area contributed by atoms with E-state index < -0.39 is 0 Å². The number of quaternary nitrogens is 1. The highest BCUT2D eigenvalue weighted by Crippen LogP contribution is 2.25. The van der Waals surface area contributed by atoms with E-state index in [0.717, 1.165) is 5.69 Å². The molecule has 0 aliphatic carbocycles. The molecule has 0 saturated carbocycles. The van der Waals surface area contributed by atoms with Gasteiger partial charge in [-0.15, -0.1) is 11.3 Å². The van der Waals surface area contributed by atoms with Crippen molar-refractivity contribution < 1.29 is 4.90 Å². The van der Waals surface area contributed by atoms with E-state index in [4.69, 9.17) is 35.4 Å². The summed E-state index contributed by atoms with van der Waals surface area (Å²) in [7, 11) is 0. The Labute approximate surface area is 168 Å². The number of nitrogens with one attached hydrogen (secondary N) is 3. The maximum Gasteiger partial charge on any atom is 0.171 e. The molecule has 2 atom stereocenters. The summed E-state index contributed by atoms with van der Waals surface area (Å²) in [5.74, 6) is 0. The van der Waals surface area contributed by atoms with Gasteiger partial charge in [0.1, 0.15) is 6.04 Å². The van der Waals surface area contributed by atoms with Gasteiger partial charge in [-0.25, -0.2) is 0 Å². The lowest BCUT2D eigenvalue weighted by molar-refractivity contribution is -0.920. The average molecular weight is 415 g/mol. The minimum absolute atomic E-state index is 0.231. The van der Waals surface area contributed by atoms with E-state index in [0.29, 0.717) is 21.2 Å². The molecular formula is C18H22Cl2N3S2+. The minimum Gasteiger partial charge on any atom is -0.354 e. The predicted octanol–water partition coefficient (Wildman–Crippen LogP) is 4.15. The van der Waals surface area contributed by atoms with Crippen LogP contribution in [0.25, 0.3) is 0 Å². The number of benzene rings is 1. The summed E-state index contributed by atoms with van der Waals surface area (Å²) in [4.78, 5) is 3.05. The molecule has 1 saturated heterocycles. The van der Waals surface area contributed by atoms with E-state index in [1.54, 1.807) is 17.0 Å². The summed E-state index contributed by atoms with van der Waals surface area (Å²) in [6.45, 7) is 4.65. The highest BCUT2D eigenvalue weighted by Gasteiger charge is 2.33. The first kappa shape index (κ1) is 18.9. The summed E-state index contributed by atoms with van der Waals surface area (Å²) in [6, 6.07) is 10.4. The van der Waals surface area contributed by atoms with Crippen LogP contribution < -0.4 is 15.5 Å². The van der Waals surface area contributed by atoms with Gasteiger partial charge in [0, 0.05) is 18.5 Å². The number of thiophene rings is 1. The molecule has 2 heterocycles. The Bertz CT molecular complexity index is 715. The Morgan fingerprint density at radius 3 is 2.60 bits per heavy atom. The van der Waals surface area contributed by atoms with Crippen LogP contribution in [0.1, 0.15) is 30.7 Å². The van der Waals surface area contributed by atoms with Crippen LogP contribution in [-0.4, -0.2) is 24.2 Å². The predicted molar refractivity (Wildman–Crippen MR) is 112 cm³/mol. The molecule has 1 aliphatic heterocycles. The molecule has 2 aromatic rings. The number of hydrogen-bond acceptors (Lipinski definition) is 2. The van der Waals surface area contributed by atoms with E-state index in [1.807, 2.05) is 17.4 Å². The second kappa shape index (κ2) is 8.69. The van der Waals surface area contributed by atoms with Crippen molar-refractivity contribution in [3.8, 4) is 0 Å². The van der Waals surface area contributed by atoms with E-state index in [9.17, 15) is 0 Å². The number of halogens is 2. The van der Waals surface area contributed by atoms with E-state index in [2.05, 4.69) is 35.1 Å². The minimum atomic E-state index is 0.231. The lowest BCUT2D eigenvalue weighted by Gasteiger charge is -2.30. The van der Waals surface area contributed by atoms with Gasteiger partial charge in [0.15, 0.2) is 5.11 Å². The van der Waals surface area contributed by atoms with Crippen LogP contribution in [0.15, 0.2) is 35.7 Å². The molecule has 1 fully saturated rings. The summed E-state index contributed by atoms with van der Waals surface area (Å²) >= 11 is 19.4. The second-order valence-electron chi connectivity index (χ2n) is 6.37. The highest BCUT2D eigenvalue weighted by molar-refractivity contribution is 7.80. The van der Waals surface area contributed by atoms with E-state index >= 15 is 0 Å². The van der Waals surface area contributed by atoms with Gasteiger partial charge >= 0.3 is 0 Å². The molecular weight excluding hydrogens is 393 g/mol. The molecule has 0 bridgehead atoms. The molecule has 25 heavy (non-hydrogen) atoms. The first-order valence-corrected chi connectivity index (χ1v) is 10.5. The molecule has 3 rings (SSSR count). The zero-order valence-electron chi connectivity index (χ0n) is 14.0. The lowest BCUT2D eigenvalue weighted by Crippen LogP contribution is -3.11. The molecule has 7 heteroatoms. The number of thiocarbonyl (C=S) groups is 1. The molecule has 0 unspecified atom stereocenters. The Balaban J connectivity index is 1.66. The summed E-state index contributed by atoms with van der Waals surface area (Å²) in [5.41, 5.74) is 0.834. The first-order chi connectivity index (χ1) is 12.0. The normalized spacial score (nSPS) is 17.2. The lowest BCUT2D eigenvalue weighted by atomic mass is 10.1. The largest absolute Gasteiger partial charge is 0.354 e. The standard InChI is InChI=1S/C18H21Cl2N3S2/c1-12(17(16-5-4-10-25-16)23-8-2-3-9-23)21-18(24)22-13-6-7-14(19)15(20)11-13/h4-7,10-12,17H,2-3,8-9H2,1H3,(H2,21,22,24)/p+1/t12-,17-/m0/s1. The quantitative estimate of drug-likeness (QED) is 0.641. The fraction of sp³-hybridized carbons (Fsp3) is 0.389. The molecule has 1 aromatic heterocycles. The number of anilines is 1. The fourth-order valence-electron chi connectivity index (χ4n) is 3.44. The van der Waals surface area contributed by atoms with Crippen molar-refractivity contribution in [1.82, 2.24) is 5.32 Å². The van der Waals surface area contributed by atoms with Gasteiger partial charge in [0.25, 0.3) is 0 Å². The highest BCUT2D eigenvalue weighted by atomic mass is 35.5. The number of hydrogen-bond donors (Lipinski definition) is 3. The smallest absolute Gasteiger partial charge is 0.171 e. The Morgan fingerprint density at radius 2 is 1.96 bits per heavy atom. The third-order valence-corrected chi connectivity index (χ3v) is 6.49. The molecule has 3 nitrogen and oxygen atoms in total. The SMILES string of the molecule is C[C@H](NC(=S)Nc1ccc(Cl)c(Cl)c1)[C@@H](c1cccs1)[NH+]1CCCC1. The zero-order chi connectivity index (χ0) is 17.8.